The van der Waals surface area contributed by atoms with E-state index in [4.69, 9.17) is 0 Å². The maximum Gasteiger partial charge on any atom is 0.416 e. The first-order chi connectivity index (χ1) is 12.1. The minimum absolute atomic E-state index is 0.0941. The van der Waals surface area contributed by atoms with Crippen LogP contribution in [0.1, 0.15) is 5.56 Å². The number of halogens is 7. The van der Waals surface area contributed by atoms with Gasteiger partial charge in [-0.15, -0.1) is 0 Å². The second-order valence-corrected chi connectivity index (χ2v) is 6.88. The molecule has 0 N–H and O–H groups in total. The number of nitro groups is 1. The zero-order valence-corrected chi connectivity index (χ0v) is 13.5. The molecule has 15 heteroatoms. The molecule has 0 aliphatic carbocycles. The quantitative estimate of drug-likeness (QED) is 0.287. The number of sulfone groups is 1. The molecule has 0 saturated carbocycles. The summed E-state index contributed by atoms with van der Waals surface area (Å²) in [5.41, 5.74) is -3.07. The summed E-state index contributed by atoms with van der Waals surface area (Å²) in [5, 5.41) is 10.8. The standard InChI is InChI=1S/C12H8F7NO6S/c13-10(14)11(15,16)5-26-9(21)4-27(24,25)8-2-1-6(12(17,18)19)3-7(8)20(22)23/h1-3,10H,4-5H2. The average Bonchev–Trinajstić information content (AvgIpc) is 2.51. The highest BCUT2D eigenvalue weighted by atomic mass is 32.2. The fraction of sp³-hybridized carbons (Fsp3) is 0.417. The van der Waals surface area contributed by atoms with Crippen molar-refractivity contribution >= 4 is 21.5 Å². The van der Waals surface area contributed by atoms with Gasteiger partial charge in [0, 0.05) is 6.07 Å². The van der Waals surface area contributed by atoms with Gasteiger partial charge in [0.1, 0.15) is 4.90 Å². The van der Waals surface area contributed by atoms with E-state index in [0.717, 1.165) is 0 Å². The van der Waals surface area contributed by atoms with Gasteiger partial charge in [-0.2, -0.15) is 22.0 Å². The first-order valence-electron chi connectivity index (χ1n) is 6.48. The fourth-order valence-corrected chi connectivity index (χ4v) is 2.89. The highest BCUT2D eigenvalue weighted by Gasteiger charge is 2.43. The molecule has 0 radical (unpaired) electrons. The van der Waals surface area contributed by atoms with Crippen LogP contribution in [0.15, 0.2) is 23.1 Å². The number of hydrogen-bond acceptors (Lipinski definition) is 6. The van der Waals surface area contributed by atoms with Crippen LogP contribution >= 0.6 is 0 Å². The molecule has 0 atom stereocenters. The van der Waals surface area contributed by atoms with Crippen LogP contribution < -0.4 is 0 Å². The molecule has 1 rings (SSSR count). The van der Waals surface area contributed by atoms with Gasteiger partial charge in [-0.1, -0.05) is 0 Å². The third-order valence-electron chi connectivity index (χ3n) is 2.87. The van der Waals surface area contributed by atoms with E-state index in [1.165, 1.54) is 0 Å². The predicted octanol–water partition coefficient (Wildman–Crippen LogP) is 2.83. The summed E-state index contributed by atoms with van der Waals surface area (Å²) in [4.78, 5) is 19.4. The van der Waals surface area contributed by atoms with E-state index in [1.54, 1.807) is 0 Å². The van der Waals surface area contributed by atoms with E-state index in [1.807, 2.05) is 0 Å². The van der Waals surface area contributed by atoms with Crippen molar-refractivity contribution < 1.29 is 53.6 Å². The Morgan fingerprint density at radius 2 is 1.74 bits per heavy atom. The maximum absolute atomic E-state index is 12.6. The van der Waals surface area contributed by atoms with Gasteiger partial charge in [0.25, 0.3) is 5.69 Å². The molecule has 152 valence electrons. The van der Waals surface area contributed by atoms with Crippen molar-refractivity contribution in [3.63, 3.8) is 0 Å². The van der Waals surface area contributed by atoms with Crippen LogP contribution in [0.25, 0.3) is 0 Å². The van der Waals surface area contributed by atoms with E-state index < -0.39 is 67.8 Å². The summed E-state index contributed by atoms with van der Waals surface area (Å²) < 4.78 is 114. The zero-order valence-electron chi connectivity index (χ0n) is 12.7. The highest BCUT2D eigenvalue weighted by Crippen LogP contribution is 2.35. The second-order valence-electron chi connectivity index (χ2n) is 4.92. The van der Waals surface area contributed by atoms with E-state index >= 15 is 0 Å². The van der Waals surface area contributed by atoms with Gasteiger partial charge in [0.2, 0.25) is 0 Å². The third kappa shape index (κ3) is 5.77. The van der Waals surface area contributed by atoms with Gasteiger partial charge in [0.15, 0.2) is 22.2 Å². The van der Waals surface area contributed by atoms with Crippen molar-refractivity contribution in [1.82, 2.24) is 0 Å². The SMILES string of the molecule is O=C(CS(=O)(=O)c1ccc(C(F)(F)F)cc1[N+](=O)[O-])OCC(F)(F)C(F)F. The molecule has 1 aromatic carbocycles. The second kappa shape index (κ2) is 7.66. The van der Waals surface area contributed by atoms with Crippen molar-refractivity contribution in [2.24, 2.45) is 0 Å². The summed E-state index contributed by atoms with van der Waals surface area (Å²) in [5.74, 6) is -8.51. The molecule has 7 nitrogen and oxygen atoms in total. The van der Waals surface area contributed by atoms with Crippen LogP contribution in [-0.2, 0) is 25.5 Å². The Labute approximate surface area is 145 Å². The minimum atomic E-state index is -5.03. The van der Waals surface area contributed by atoms with E-state index in [-0.39, 0.29) is 18.2 Å². The minimum Gasteiger partial charge on any atom is -0.458 e. The first-order valence-corrected chi connectivity index (χ1v) is 8.13. The van der Waals surface area contributed by atoms with Gasteiger partial charge >= 0.3 is 24.5 Å². The molecule has 0 aromatic heterocycles. The molecule has 0 aliphatic rings. The molecule has 0 fully saturated rings. The number of hydrogen-bond donors (Lipinski definition) is 0. The highest BCUT2D eigenvalue weighted by molar-refractivity contribution is 7.92. The number of rotatable bonds is 7. The summed E-state index contributed by atoms with van der Waals surface area (Å²) >= 11 is 0. The Balaban J connectivity index is 3.10. The number of alkyl halides is 7. The number of benzene rings is 1. The zero-order chi connectivity index (χ0) is 21.2. The molecule has 1 aromatic rings. The van der Waals surface area contributed by atoms with Crippen LogP contribution in [-0.4, -0.2) is 44.0 Å². The Hall–Kier alpha value is -2.45. The van der Waals surface area contributed by atoms with Crippen LogP contribution in [0.4, 0.5) is 36.4 Å². The predicted molar refractivity (Wildman–Crippen MR) is 72.1 cm³/mol. The van der Waals surface area contributed by atoms with Gasteiger partial charge in [-0.3, -0.25) is 14.9 Å². The summed E-state index contributed by atoms with van der Waals surface area (Å²) in [6, 6.07) is 0.302. The Kier molecular flexibility index (Phi) is 6.41. The summed E-state index contributed by atoms with van der Waals surface area (Å²) in [7, 11) is -5.00. The average molecular weight is 427 g/mol. The lowest BCUT2D eigenvalue weighted by atomic mass is 10.2. The molecule has 0 spiro atoms. The van der Waals surface area contributed by atoms with E-state index in [9.17, 15) is 54.1 Å². The van der Waals surface area contributed by atoms with Gasteiger partial charge < -0.3 is 4.74 Å². The number of nitro benzene ring substituents is 1. The number of ether oxygens (including phenoxy) is 1. The van der Waals surface area contributed by atoms with Gasteiger partial charge in [-0.05, 0) is 12.1 Å². The molecule has 0 aliphatic heterocycles. The van der Waals surface area contributed by atoms with Gasteiger partial charge in [0.05, 0.1) is 10.5 Å². The summed E-state index contributed by atoms with van der Waals surface area (Å²) in [6.07, 6.45) is -9.25. The molecule has 0 saturated heterocycles. The molecule has 0 amide bonds. The summed E-state index contributed by atoms with van der Waals surface area (Å²) in [6.45, 7) is -2.16. The van der Waals surface area contributed by atoms with Crippen LogP contribution in [0.5, 0.6) is 0 Å². The molecule has 27 heavy (non-hydrogen) atoms. The smallest absolute Gasteiger partial charge is 0.416 e. The monoisotopic (exact) mass is 427 g/mol. The lowest BCUT2D eigenvalue weighted by molar-refractivity contribution is -0.388. The molecule has 0 bridgehead atoms. The lowest BCUT2D eigenvalue weighted by Gasteiger charge is -2.15. The van der Waals surface area contributed by atoms with Crippen molar-refractivity contribution in [3.8, 4) is 0 Å². The third-order valence-corrected chi connectivity index (χ3v) is 4.50. The van der Waals surface area contributed by atoms with Crippen molar-refractivity contribution in [3.05, 3.63) is 33.9 Å². The van der Waals surface area contributed by atoms with Crippen molar-refractivity contribution in [2.45, 2.75) is 23.4 Å². The first kappa shape index (κ1) is 22.6. The van der Waals surface area contributed by atoms with E-state index in [0.29, 0.717) is 0 Å². The molecular weight excluding hydrogens is 419 g/mol. The molecule has 0 heterocycles. The van der Waals surface area contributed by atoms with Crippen LogP contribution in [0, 0.1) is 10.1 Å². The van der Waals surface area contributed by atoms with Gasteiger partial charge in [-0.25, -0.2) is 17.2 Å². The lowest BCUT2D eigenvalue weighted by Crippen LogP contribution is -2.34. The van der Waals surface area contributed by atoms with Crippen LogP contribution in [0.2, 0.25) is 0 Å². The number of esters is 1. The van der Waals surface area contributed by atoms with E-state index in [2.05, 4.69) is 4.74 Å². The van der Waals surface area contributed by atoms with Crippen LogP contribution in [0.3, 0.4) is 0 Å². The Morgan fingerprint density at radius 3 is 2.19 bits per heavy atom. The molecular formula is C12H8F7NO6S. The normalized spacial score (nSPS) is 12.9. The van der Waals surface area contributed by atoms with Crippen molar-refractivity contribution in [1.29, 1.82) is 0 Å². The largest absolute Gasteiger partial charge is 0.458 e. The Morgan fingerprint density at radius 1 is 1.19 bits per heavy atom. The number of carbonyl (C=O) groups is 1. The number of nitrogens with zero attached hydrogens (tertiary/aromatic N) is 1. The maximum atomic E-state index is 12.6. The Bertz CT molecular complexity index is 837. The topological polar surface area (TPSA) is 104 Å². The van der Waals surface area contributed by atoms with Crippen molar-refractivity contribution in [2.75, 3.05) is 12.4 Å². The molecule has 0 unspecified atom stereocenters. The fourth-order valence-electron chi connectivity index (χ4n) is 1.61. The number of carbonyl (C=O) groups excluding carboxylic acids is 1.